The van der Waals surface area contributed by atoms with E-state index in [4.69, 9.17) is 9.84 Å². The molecule has 8 heteroatoms. The molecule has 0 saturated heterocycles. The third-order valence-corrected chi connectivity index (χ3v) is 6.40. The molecule has 2 N–H and O–H groups in total. The second-order valence-electron chi connectivity index (χ2n) is 7.27. The molecule has 1 aliphatic heterocycles. The molecule has 0 fully saturated rings. The van der Waals surface area contributed by atoms with Gasteiger partial charge in [0, 0.05) is 20.0 Å². The number of aliphatic carboxylic acids is 1. The number of unbranched alkanes of at least 4 members (excludes halogenated alkanes) is 7. The molecule has 0 radical (unpaired) electrons. The monoisotopic (exact) mass is 412 g/mol. The van der Waals surface area contributed by atoms with Crippen molar-refractivity contribution >= 4 is 21.7 Å². The second kappa shape index (κ2) is 11.3. The number of fused-ring (bicyclic) bond motifs is 1. The first-order valence-corrected chi connectivity index (χ1v) is 11.6. The summed E-state index contributed by atoms with van der Waals surface area (Å²) in [6.07, 6.45) is 8.12. The minimum Gasteiger partial charge on any atom is -0.490 e. The molecule has 7 nitrogen and oxygen atoms in total. The van der Waals surface area contributed by atoms with Crippen molar-refractivity contribution < 1.29 is 23.1 Å². The van der Waals surface area contributed by atoms with Gasteiger partial charge in [-0.2, -0.15) is 0 Å². The largest absolute Gasteiger partial charge is 0.490 e. The molecule has 0 saturated carbocycles. The van der Waals surface area contributed by atoms with Crippen LogP contribution < -0.4 is 14.4 Å². The molecule has 28 heavy (non-hydrogen) atoms. The van der Waals surface area contributed by atoms with Gasteiger partial charge in [-0.05, 0) is 31.0 Å². The van der Waals surface area contributed by atoms with Crippen LogP contribution in [-0.2, 0) is 14.8 Å². The summed E-state index contributed by atoms with van der Waals surface area (Å²) in [5.74, 6) is -0.00569. The minimum absolute atomic E-state index is 0.258. The van der Waals surface area contributed by atoms with Crippen LogP contribution >= 0.6 is 0 Å². The van der Waals surface area contributed by atoms with Crippen molar-refractivity contribution in [2.75, 3.05) is 31.6 Å². The quantitative estimate of drug-likeness (QED) is 0.482. The fourth-order valence-corrected chi connectivity index (χ4v) is 4.34. The lowest BCUT2D eigenvalue weighted by atomic mass is 10.1. The highest BCUT2D eigenvalue weighted by Crippen LogP contribution is 2.32. The highest BCUT2D eigenvalue weighted by Gasteiger charge is 2.20. The summed E-state index contributed by atoms with van der Waals surface area (Å²) in [6, 6.07) is 4.97. The average Bonchev–Trinajstić information content (AvgIpc) is 2.66. The summed E-state index contributed by atoms with van der Waals surface area (Å²) >= 11 is 0. The molecule has 0 aliphatic carbocycles. The Kier molecular flexibility index (Phi) is 9.05. The van der Waals surface area contributed by atoms with Crippen molar-refractivity contribution in [2.24, 2.45) is 0 Å². The van der Waals surface area contributed by atoms with E-state index in [2.05, 4.69) is 4.72 Å². The summed E-state index contributed by atoms with van der Waals surface area (Å²) in [7, 11) is -1.58. The van der Waals surface area contributed by atoms with Crippen LogP contribution in [0.1, 0.15) is 57.8 Å². The van der Waals surface area contributed by atoms with Gasteiger partial charge in [0.05, 0.1) is 17.1 Å². The van der Waals surface area contributed by atoms with Gasteiger partial charge in [-0.15, -0.1) is 0 Å². The van der Waals surface area contributed by atoms with Gasteiger partial charge in [0.2, 0.25) is 10.0 Å². The first-order chi connectivity index (χ1) is 13.4. The maximum Gasteiger partial charge on any atom is 0.303 e. The van der Waals surface area contributed by atoms with Crippen molar-refractivity contribution in [3.05, 3.63) is 18.2 Å². The van der Waals surface area contributed by atoms with Gasteiger partial charge in [-0.25, -0.2) is 13.1 Å². The first-order valence-electron chi connectivity index (χ1n) is 10.1. The summed E-state index contributed by atoms with van der Waals surface area (Å²) in [5, 5.41) is 8.57. The number of rotatable bonds is 13. The fourth-order valence-electron chi connectivity index (χ4n) is 3.25. The van der Waals surface area contributed by atoms with Gasteiger partial charge in [0.15, 0.2) is 0 Å². The highest BCUT2D eigenvalue weighted by molar-refractivity contribution is 7.89. The molecule has 0 unspecified atom stereocenters. The molecular weight excluding hydrogens is 380 g/mol. The van der Waals surface area contributed by atoms with E-state index >= 15 is 0 Å². The molecule has 158 valence electrons. The maximum absolute atomic E-state index is 12.5. The van der Waals surface area contributed by atoms with Gasteiger partial charge < -0.3 is 14.7 Å². The number of carbonyl (C=O) groups is 1. The molecule has 0 aromatic heterocycles. The smallest absolute Gasteiger partial charge is 0.303 e. The Hall–Kier alpha value is -1.80. The van der Waals surface area contributed by atoms with E-state index in [1.807, 2.05) is 11.9 Å². The minimum atomic E-state index is -3.51. The Bertz CT molecular complexity index is 736. The van der Waals surface area contributed by atoms with Crippen molar-refractivity contribution in [1.82, 2.24) is 4.72 Å². The zero-order valence-electron chi connectivity index (χ0n) is 16.7. The van der Waals surface area contributed by atoms with E-state index in [1.165, 1.54) is 0 Å². The SMILES string of the molecule is CN1CCOc2ccc(S(=O)(=O)NCCCCCCCCCCC(=O)O)cc21. The van der Waals surface area contributed by atoms with E-state index in [-0.39, 0.29) is 11.3 Å². The number of ether oxygens (including phenoxy) is 1. The van der Waals surface area contributed by atoms with Crippen molar-refractivity contribution in [3.8, 4) is 5.75 Å². The van der Waals surface area contributed by atoms with E-state index in [0.717, 1.165) is 69.3 Å². The zero-order chi connectivity index (χ0) is 20.4. The number of sulfonamides is 1. The molecule has 1 aromatic rings. The van der Waals surface area contributed by atoms with E-state index in [9.17, 15) is 13.2 Å². The van der Waals surface area contributed by atoms with Crippen LogP contribution in [0.5, 0.6) is 5.75 Å². The molecule has 1 aromatic carbocycles. The molecule has 0 amide bonds. The van der Waals surface area contributed by atoms with Crippen molar-refractivity contribution in [2.45, 2.75) is 62.7 Å². The molecule has 0 bridgehead atoms. The number of nitrogens with zero attached hydrogens (tertiary/aromatic N) is 1. The zero-order valence-corrected chi connectivity index (χ0v) is 17.5. The maximum atomic E-state index is 12.5. The summed E-state index contributed by atoms with van der Waals surface area (Å²) in [5.41, 5.74) is 0.803. The van der Waals surface area contributed by atoms with Gasteiger partial charge in [-0.1, -0.05) is 38.5 Å². The van der Waals surface area contributed by atoms with E-state index in [1.54, 1.807) is 18.2 Å². The van der Waals surface area contributed by atoms with Crippen LogP contribution in [-0.4, -0.2) is 46.2 Å². The van der Waals surface area contributed by atoms with Gasteiger partial charge >= 0.3 is 5.97 Å². The summed E-state index contributed by atoms with van der Waals surface area (Å²) in [4.78, 5) is 12.7. The summed E-state index contributed by atoms with van der Waals surface area (Å²) < 4.78 is 33.2. The van der Waals surface area contributed by atoms with Crippen LogP contribution in [0.4, 0.5) is 5.69 Å². The fraction of sp³-hybridized carbons (Fsp3) is 0.650. The number of carboxylic acid groups (broad SMARTS) is 1. The van der Waals surface area contributed by atoms with Crippen molar-refractivity contribution in [3.63, 3.8) is 0 Å². The second-order valence-corrected chi connectivity index (χ2v) is 9.04. The van der Waals surface area contributed by atoms with Crippen LogP contribution in [0.2, 0.25) is 0 Å². The number of benzene rings is 1. The molecule has 1 heterocycles. The molecule has 1 aliphatic rings. The van der Waals surface area contributed by atoms with Crippen LogP contribution in [0, 0.1) is 0 Å². The average molecular weight is 413 g/mol. The lowest BCUT2D eigenvalue weighted by Crippen LogP contribution is -2.30. The van der Waals surface area contributed by atoms with E-state index in [0.29, 0.717) is 13.2 Å². The molecular formula is C20H32N2O5S. The first kappa shape index (κ1) is 22.5. The predicted molar refractivity (Wildman–Crippen MR) is 110 cm³/mol. The lowest BCUT2D eigenvalue weighted by Gasteiger charge is -2.28. The van der Waals surface area contributed by atoms with Crippen LogP contribution in [0.15, 0.2) is 23.1 Å². The molecule has 0 spiro atoms. The normalized spacial score (nSPS) is 13.8. The van der Waals surface area contributed by atoms with Crippen LogP contribution in [0.3, 0.4) is 0 Å². The Morgan fingerprint density at radius 2 is 1.75 bits per heavy atom. The van der Waals surface area contributed by atoms with Gasteiger partial charge in [-0.3, -0.25) is 4.79 Å². The van der Waals surface area contributed by atoms with Crippen molar-refractivity contribution in [1.29, 1.82) is 0 Å². The Morgan fingerprint density at radius 3 is 2.43 bits per heavy atom. The number of hydrogen-bond acceptors (Lipinski definition) is 5. The third kappa shape index (κ3) is 7.31. The predicted octanol–water partition coefficient (Wildman–Crippen LogP) is 3.39. The number of nitrogens with one attached hydrogen (secondary N) is 1. The number of likely N-dealkylation sites (N-methyl/N-ethyl adjacent to an activating group) is 1. The van der Waals surface area contributed by atoms with E-state index < -0.39 is 16.0 Å². The van der Waals surface area contributed by atoms with Gasteiger partial charge in [0.1, 0.15) is 12.4 Å². The number of hydrogen-bond donors (Lipinski definition) is 2. The molecule has 2 rings (SSSR count). The summed E-state index contributed by atoms with van der Waals surface area (Å²) in [6.45, 7) is 1.78. The molecule has 0 atom stereocenters. The Balaban J connectivity index is 1.62. The Morgan fingerprint density at radius 1 is 1.11 bits per heavy atom. The third-order valence-electron chi connectivity index (χ3n) is 4.95. The van der Waals surface area contributed by atoms with Gasteiger partial charge in [0.25, 0.3) is 0 Å². The number of anilines is 1. The standard InChI is InChI=1S/C20H32N2O5S/c1-22-14-15-27-19-12-11-17(16-18(19)22)28(25,26)21-13-9-7-5-3-2-4-6-8-10-20(23)24/h11-12,16,21H,2-10,13-15H2,1H3,(H,23,24). The lowest BCUT2D eigenvalue weighted by molar-refractivity contribution is -0.137. The number of carboxylic acids is 1. The Labute approximate surface area is 168 Å². The topological polar surface area (TPSA) is 95.9 Å². The highest BCUT2D eigenvalue weighted by atomic mass is 32.2. The van der Waals surface area contributed by atoms with Crippen LogP contribution in [0.25, 0.3) is 0 Å².